The maximum Gasteiger partial charge on any atom is 0.416 e. The van der Waals surface area contributed by atoms with Crippen molar-refractivity contribution in [1.82, 2.24) is 0 Å². The molecule has 0 fully saturated rings. The summed E-state index contributed by atoms with van der Waals surface area (Å²) in [5.74, 6) is 0.176. The first-order valence-electron chi connectivity index (χ1n) is 4.35. The predicted octanol–water partition coefficient (Wildman–Crippen LogP) is 2.48. The monoisotopic (exact) mass is 219 g/mol. The van der Waals surface area contributed by atoms with Crippen LogP contribution in [-0.4, -0.2) is 7.11 Å². The molecule has 0 aliphatic heterocycles. The standard InChI is InChI=1S/C10H12F3NO/c1-6-3-7(5-14)9(15-2)4-8(6)10(11,12)13/h3-4H,5,14H2,1-2H3. The Morgan fingerprint density at radius 3 is 2.33 bits per heavy atom. The van der Waals surface area contributed by atoms with E-state index in [-0.39, 0.29) is 17.9 Å². The highest BCUT2D eigenvalue weighted by molar-refractivity contribution is 5.43. The summed E-state index contributed by atoms with van der Waals surface area (Å²) in [6, 6.07) is 2.39. The lowest BCUT2D eigenvalue weighted by molar-refractivity contribution is -0.138. The second-order valence-electron chi connectivity index (χ2n) is 3.18. The first-order chi connectivity index (χ1) is 6.90. The maximum absolute atomic E-state index is 12.5. The van der Waals surface area contributed by atoms with Crippen molar-refractivity contribution >= 4 is 0 Å². The van der Waals surface area contributed by atoms with Crippen molar-refractivity contribution in [2.45, 2.75) is 19.6 Å². The van der Waals surface area contributed by atoms with Crippen LogP contribution in [0.5, 0.6) is 5.75 Å². The van der Waals surface area contributed by atoms with Crippen molar-refractivity contribution in [2.24, 2.45) is 5.73 Å². The second-order valence-corrected chi connectivity index (χ2v) is 3.18. The number of hydrogen-bond acceptors (Lipinski definition) is 2. The zero-order valence-corrected chi connectivity index (χ0v) is 8.48. The molecule has 15 heavy (non-hydrogen) atoms. The minimum atomic E-state index is -4.36. The summed E-state index contributed by atoms with van der Waals surface area (Å²) in [5, 5.41) is 0. The van der Waals surface area contributed by atoms with E-state index in [1.54, 1.807) is 0 Å². The number of alkyl halides is 3. The molecule has 0 radical (unpaired) electrons. The van der Waals surface area contributed by atoms with Gasteiger partial charge in [-0.25, -0.2) is 0 Å². The van der Waals surface area contributed by atoms with Gasteiger partial charge in [0, 0.05) is 12.1 Å². The van der Waals surface area contributed by atoms with Crippen LogP contribution < -0.4 is 10.5 Å². The normalized spacial score (nSPS) is 11.6. The molecule has 5 heteroatoms. The van der Waals surface area contributed by atoms with Gasteiger partial charge in [0.2, 0.25) is 0 Å². The fourth-order valence-corrected chi connectivity index (χ4v) is 1.40. The van der Waals surface area contributed by atoms with Gasteiger partial charge in [-0.15, -0.1) is 0 Å². The third kappa shape index (κ3) is 2.41. The number of rotatable bonds is 2. The molecular formula is C10H12F3NO. The molecule has 0 aromatic heterocycles. The van der Waals surface area contributed by atoms with Crippen LogP contribution in [0.1, 0.15) is 16.7 Å². The van der Waals surface area contributed by atoms with Gasteiger partial charge in [0.05, 0.1) is 12.7 Å². The molecule has 0 aliphatic rings. The molecule has 1 rings (SSSR count). The molecule has 0 unspecified atom stereocenters. The molecule has 0 heterocycles. The van der Waals surface area contributed by atoms with Gasteiger partial charge >= 0.3 is 6.18 Å². The SMILES string of the molecule is COc1cc(C(F)(F)F)c(C)cc1CN. The van der Waals surface area contributed by atoms with E-state index >= 15 is 0 Å². The molecular weight excluding hydrogens is 207 g/mol. The molecule has 1 aromatic carbocycles. The second kappa shape index (κ2) is 4.10. The van der Waals surface area contributed by atoms with Crippen LogP contribution >= 0.6 is 0 Å². The number of halogens is 3. The molecule has 0 atom stereocenters. The zero-order chi connectivity index (χ0) is 11.6. The van der Waals surface area contributed by atoms with Crippen LogP contribution in [0.3, 0.4) is 0 Å². The minimum Gasteiger partial charge on any atom is -0.496 e. The number of aryl methyl sites for hydroxylation is 1. The highest BCUT2D eigenvalue weighted by Gasteiger charge is 2.33. The van der Waals surface area contributed by atoms with Gasteiger partial charge in [-0.05, 0) is 18.6 Å². The molecule has 1 aromatic rings. The third-order valence-corrected chi connectivity index (χ3v) is 2.15. The first-order valence-corrected chi connectivity index (χ1v) is 4.35. The van der Waals surface area contributed by atoms with Crippen LogP contribution in [0.2, 0.25) is 0 Å². The lowest BCUT2D eigenvalue weighted by atomic mass is 10.0. The number of hydrogen-bond donors (Lipinski definition) is 1. The van der Waals surface area contributed by atoms with Crippen molar-refractivity contribution in [2.75, 3.05) is 7.11 Å². The molecule has 2 N–H and O–H groups in total. The Morgan fingerprint density at radius 2 is 1.93 bits per heavy atom. The Hall–Kier alpha value is -1.23. The lowest BCUT2D eigenvalue weighted by Crippen LogP contribution is -2.10. The summed E-state index contributed by atoms with van der Waals surface area (Å²) in [6.07, 6.45) is -4.36. The number of ether oxygens (including phenoxy) is 1. The van der Waals surface area contributed by atoms with E-state index < -0.39 is 11.7 Å². The van der Waals surface area contributed by atoms with E-state index in [0.29, 0.717) is 5.56 Å². The predicted molar refractivity (Wildman–Crippen MR) is 50.6 cm³/mol. The topological polar surface area (TPSA) is 35.2 Å². The first kappa shape index (κ1) is 11.8. The lowest BCUT2D eigenvalue weighted by Gasteiger charge is -2.14. The number of benzene rings is 1. The van der Waals surface area contributed by atoms with Gasteiger partial charge < -0.3 is 10.5 Å². The summed E-state index contributed by atoms with van der Waals surface area (Å²) in [4.78, 5) is 0. The van der Waals surface area contributed by atoms with Crippen molar-refractivity contribution in [3.05, 3.63) is 28.8 Å². The van der Waals surface area contributed by atoms with E-state index in [1.807, 2.05) is 0 Å². The Morgan fingerprint density at radius 1 is 1.33 bits per heavy atom. The average Bonchev–Trinajstić information content (AvgIpc) is 2.15. The van der Waals surface area contributed by atoms with Crippen LogP contribution in [0.25, 0.3) is 0 Å². The smallest absolute Gasteiger partial charge is 0.416 e. The van der Waals surface area contributed by atoms with Crippen molar-refractivity contribution in [1.29, 1.82) is 0 Å². The highest BCUT2D eigenvalue weighted by Crippen LogP contribution is 2.35. The average molecular weight is 219 g/mol. The molecule has 0 spiro atoms. The molecule has 0 aliphatic carbocycles. The van der Waals surface area contributed by atoms with Gasteiger partial charge in [0.25, 0.3) is 0 Å². The molecule has 0 amide bonds. The van der Waals surface area contributed by atoms with E-state index in [4.69, 9.17) is 10.5 Å². The van der Waals surface area contributed by atoms with Crippen molar-refractivity contribution in [3.8, 4) is 5.75 Å². The summed E-state index contributed by atoms with van der Waals surface area (Å²) in [5.41, 5.74) is 5.44. The van der Waals surface area contributed by atoms with Crippen molar-refractivity contribution in [3.63, 3.8) is 0 Å². The van der Waals surface area contributed by atoms with E-state index in [2.05, 4.69) is 0 Å². The third-order valence-electron chi connectivity index (χ3n) is 2.15. The zero-order valence-electron chi connectivity index (χ0n) is 8.48. The molecule has 84 valence electrons. The summed E-state index contributed by atoms with van der Waals surface area (Å²) in [6.45, 7) is 1.56. The fraction of sp³-hybridized carbons (Fsp3) is 0.400. The quantitative estimate of drug-likeness (QED) is 0.829. The van der Waals surface area contributed by atoms with Crippen LogP contribution in [0.4, 0.5) is 13.2 Å². The van der Waals surface area contributed by atoms with Crippen LogP contribution in [0, 0.1) is 6.92 Å². The van der Waals surface area contributed by atoms with Gasteiger partial charge in [-0.3, -0.25) is 0 Å². The minimum absolute atomic E-state index is 0.155. The van der Waals surface area contributed by atoms with E-state index in [1.165, 1.54) is 20.1 Å². The Kier molecular flexibility index (Phi) is 3.24. The molecule has 2 nitrogen and oxygen atoms in total. The largest absolute Gasteiger partial charge is 0.496 e. The van der Waals surface area contributed by atoms with Gasteiger partial charge in [-0.2, -0.15) is 13.2 Å². The maximum atomic E-state index is 12.5. The summed E-state index contributed by atoms with van der Waals surface area (Å²) < 4.78 is 42.4. The van der Waals surface area contributed by atoms with E-state index in [9.17, 15) is 13.2 Å². The number of methoxy groups -OCH3 is 1. The van der Waals surface area contributed by atoms with Gasteiger partial charge in [-0.1, -0.05) is 6.07 Å². The Balaban J connectivity index is 3.32. The van der Waals surface area contributed by atoms with Gasteiger partial charge in [0.15, 0.2) is 0 Å². The van der Waals surface area contributed by atoms with Gasteiger partial charge in [0.1, 0.15) is 5.75 Å². The molecule has 0 bridgehead atoms. The Bertz CT molecular complexity index is 360. The van der Waals surface area contributed by atoms with Crippen molar-refractivity contribution < 1.29 is 17.9 Å². The summed E-state index contributed by atoms with van der Waals surface area (Å²) in [7, 11) is 1.32. The highest BCUT2D eigenvalue weighted by atomic mass is 19.4. The molecule has 0 saturated carbocycles. The van der Waals surface area contributed by atoms with Crippen LogP contribution in [-0.2, 0) is 12.7 Å². The number of nitrogens with two attached hydrogens (primary N) is 1. The fourth-order valence-electron chi connectivity index (χ4n) is 1.40. The molecule has 0 saturated heterocycles. The van der Waals surface area contributed by atoms with E-state index in [0.717, 1.165) is 6.07 Å². The Labute approximate surface area is 85.8 Å². The summed E-state index contributed by atoms with van der Waals surface area (Å²) >= 11 is 0. The van der Waals surface area contributed by atoms with Crippen LogP contribution in [0.15, 0.2) is 12.1 Å².